The van der Waals surface area contributed by atoms with Gasteiger partial charge in [0.25, 0.3) is 5.69 Å². The van der Waals surface area contributed by atoms with Crippen molar-refractivity contribution in [2.45, 2.75) is 19.4 Å². The highest BCUT2D eigenvalue weighted by molar-refractivity contribution is 5.51. The number of ether oxygens (including phenoxy) is 2. The number of benzene rings is 2. The van der Waals surface area contributed by atoms with Crippen LogP contribution in [0.15, 0.2) is 36.4 Å². The molecule has 0 aliphatic carbocycles. The highest BCUT2D eigenvalue weighted by Gasteiger charge is 2.28. The number of rotatable bonds is 5. The Morgan fingerprint density at radius 2 is 2.12 bits per heavy atom. The van der Waals surface area contributed by atoms with Crippen molar-refractivity contribution in [1.82, 2.24) is 0 Å². The van der Waals surface area contributed by atoms with Gasteiger partial charge in [0.2, 0.25) is 0 Å². The summed E-state index contributed by atoms with van der Waals surface area (Å²) < 4.78 is 11.1. The van der Waals surface area contributed by atoms with Crippen molar-refractivity contribution in [3.63, 3.8) is 0 Å². The Balaban J connectivity index is 2.05. The molecule has 6 heteroatoms. The fourth-order valence-corrected chi connectivity index (χ4v) is 3.23. The summed E-state index contributed by atoms with van der Waals surface area (Å²) in [4.78, 5) is 10.7. The Kier molecular flexibility index (Phi) is 4.66. The molecular formula is C18H21N2O4+. The zero-order valence-electron chi connectivity index (χ0n) is 13.8. The zero-order valence-corrected chi connectivity index (χ0v) is 13.8. The third kappa shape index (κ3) is 3.05. The Morgan fingerprint density at radius 1 is 1.29 bits per heavy atom. The van der Waals surface area contributed by atoms with Crippen LogP contribution in [0, 0.1) is 10.1 Å². The summed E-state index contributed by atoms with van der Waals surface area (Å²) in [6.45, 7) is 3.45. The van der Waals surface area contributed by atoms with E-state index in [0.717, 1.165) is 29.8 Å². The molecule has 0 spiro atoms. The Labute approximate surface area is 140 Å². The Bertz CT molecular complexity index is 761. The lowest BCUT2D eigenvalue weighted by atomic mass is 9.89. The van der Waals surface area contributed by atoms with Gasteiger partial charge in [-0.05, 0) is 24.6 Å². The molecule has 2 aromatic carbocycles. The maximum Gasteiger partial charge on any atom is 0.269 e. The summed E-state index contributed by atoms with van der Waals surface area (Å²) in [5.41, 5.74) is 3.38. The second kappa shape index (κ2) is 6.88. The first-order chi connectivity index (χ1) is 11.6. The standard InChI is InChI=1S/C18H20N2O4/c1-3-24-17-10-12-7-8-19-18(15(12)11-16(17)23-2)13-5-4-6-14(9-13)20(21)22/h4-6,9-11,18-19H,3,7-8H2,1-2H3/p+1. The van der Waals surface area contributed by atoms with Gasteiger partial charge in [-0.2, -0.15) is 0 Å². The minimum absolute atomic E-state index is 0.0261. The number of nitrogens with two attached hydrogens (primary N) is 1. The van der Waals surface area contributed by atoms with Crippen LogP contribution in [0.2, 0.25) is 0 Å². The number of nitro groups is 1. The van der Waals surface area contributed by atoms with Crippen LogP contribution in [0.5, 0.6) is 11.5 Å². The Hall–Kier alpha value is -2.60. The van der Waals surface area contributed by atoms with Crippen LogP contribution < -0.4 is 14.8 Å². The molecule has 1 heterocycles. The fourth-order valence-electron chi connectivity index (χ4n) is 3.23. The van der Waals surface area contributed by atoms with Crippen molar-refractivity contribution in [1.29, 1.82) is 0 Å². The van der Waals surface area contributed by atoms with E-state index in [1.54, 1.807) is 19.2 Å². The van der Waals surface area contributed by atoms with Crippen molar-refractivity contribution < 1.29 is 19.7 Å². The van der Waals surface area contributed by atoms with Gasteiger partial charge in [-0.15, -0.1) is 0 Å². The van der Waals surface area contributed by atoms with Gasteiger partial charge in [-0.1, -0.05) is 12.1 Å². The minimum atomic E-state index is -0.355. The largest absolute Gasteiger partial charge is 0.493 e. The normalized spacial score (nSPS) is 16.3. The fraction of sp³-hybridized carbons (Fsp3) is 0.333. The lowest BCUT2D eigenvalue weighted by molar-refractivity contribution is -0.690. The van der Waals surface area contributed by atoms with Crippen LogP contribution in [0.4, 0.5) is 5.69 Å². The van der Waals surface area contributed by atoms with Gasteiger partial charge in [0.15, 0.2) is 11.5 Å². The molecule has 0 saturated carbocycles. The molecule has 0 amide bonds. The molecule has 2 aromatic rings. The third-order valence-corrected chi connectivity index (χ3v) is 4.32. The van der Waals surface area contributed by atoms with Crippen molar-refractivity contribution in [2.24, 2.45) is 0 Å². The van der Waals surface area contributed by atoms with E-state index in [-0.39, 0.29) is 16.7 Å². The molecule has 0 saturated heterocycles. The summed E-state index contributed by atoms with van der Waals surface area (Å²) in [6, 6.07) is 10.9. The molecule has 1 unspecified atom stereocenters. The number of methoxy groups -OCH3 is 1. The second-order valence-electron chi connectivity index (χ2n) is 5.74. The van der Waals surface area contributed by atoms with E-state index in [9.17, 15) is 10.1 Å². The number of non-ortho nitro benzene ring substituents is 1. The highest BCUT2D eigenvalue weighted by atomic mass is 16.6. The van der Waals surface area contributed by atoms with E-state index in [2.05, 4.69) is 5.32 Å². The summed E-state index contributed by atoms with van der Waals surface area (Å²) in [5.74, 6) is 1.44. The van der Waals surface area contributed by atoms with Crippen molar-refractivity contribution in [3.8, 4) is 11.5 Å². The second-order valence-corrected chi connectivity index (χ2v) is 5.74. The van der Waals surface area contributed by atoms with E-state index in [1.165, 1.54) is 11.6 Å². The molecule has 1 aliphatic rings. The predicted octanol–water partition coefficient (Wildman–Crippen LogP) is 2.21. The van der Waals surface area contributed by atoms with Crippen molar-refractivity contribution in [2.75, 3.05) is 20.3 Å². The van der Waals surface area contributed by atoms with Crippen molar-refractivity contribution >= 4 is 5.69 Å². The zero-order chi connectivity index (χ0) is 17.1. The van der Waals surface area contributed by atoms with E-state index in [0.29, 0.717) is 12.4 Å². The maximum absolute atomic E-state index is 11.1. The van der Waals surface area contributed by atoms with Crippen LogP contribution in [0.3, 0.4) is 0 Å². The maximum atomic E-state index is 11.1. The number of quaternary nitrogens is 1. The average Bonchev–Trinajstić information content (AvgIpc) is 2.61. The van der Waals surface area contributed by atoms with E-state index >= 15 is 0 Å². The van der Waals surface area contributed by atoms with Crippen LogP contribution in [-0.4, -0.2) is 25.2 Å². The SMILES string of the molecule is CCOc1cc2c(cc1OC)C(c1cccc([N+](=O)[O-])c1)[NH2+]CC2. The number of hydrogen-bond donors (Lipinski definition) is 1. The molecule has 1 atom stereocenters. The summed E-state index contributed by atoms with van der Waals surface area (Å²) in [6.07, 6.45) is 0.935. The molecule has 0 fully saturated rings. The van der Waals surface area contributed by atoms with Crippen LogP contribution in [0.1, 0.15) is 29.7 Å². The van der Waals surface area contributed by atoms with Crippen LogP contribution in [-0.2, 0) is 6.42 Å². The highest BCUT2D eigenvalue weighted by Crippen LogP contribution is 2.36. The van der Waals surface area contributed by atoms with Gasteiger partial charge in [-0.3, -0.25) is 10.1 Å². The first-order valence-electron chi connectivity index (χ1n) is 8.05. The number of hydrogen-bond acceptors (Lipinski definition) is 4. The first-order valence-corrected chi connectivity index (χ1v) is 8.05. The minimum Gasteiger partial charge on any atom is -0.493 e. The molecule has 0 radical (unpaired) electrons. The smallest absolute Gasteiger partial charge is 0.269 e. The van der Waals surface area contributed by atoms with Gasteiger partial charge in [0.1, 0.15) is 6.04 Å². The average molecular weight is 329 g/mol. The number of nitro benzene ring substituents is 1. The molecule has 3 rings (SSSR count). The van der Waals surface area contributed by atoms with Gasteiger partial charge >= 0.3 is 0 Å². The van der Waals surface area contributed by atoms with Gasteiger partial charge in [0.05, 0.1) is 25.2 Å². The molecule has 0 aromatic heterocycles. The summed E-state index contributed by atoms with van der Waals surface area (Å²) in [7, 11) is 1.62. The molecule has 24 heavy (non-hydrogen) atoms. The predicted molar refractivity (Wildman–Crippen MR) is 89.6 cm³/mol. The third-order valence-electron chi connectivity index (χ3n) is 4.32. The topological polar surface area (TPSA) is 78.2 Å². The van der Waals surface area contributed by atoms with Gasteiger partial charge in [-0.25, -0.2) is 0 Å². The number of fused-ring (bicyclic) bond motifs is 1. The van der Waals surface area contributed by atoms with Crippen LogP contribution >= 0.6 is 0 Å². The number of nitrogens with zero attached hydrogens (tertiary/aromatic N) is 1. The van der Waals surface area contributed by atoms with E-state index < -0.39 is 0 Å². The molecule has 6 nitrogen and oxygen atoms in total. The molecule has 0 bridgehead atoms. The summed E-state index contributed by atoms with van der Waals surface area (Å²) in [5, 5.41) is 13.3. The van der Waals surface area contributed by atoms with Gasteiger partial charge in [0, 0.05) is 29.7 Å². The molecular weight excluding hydrogens is 308 g/mol. The van der Waals surface area contributed by atoms with Gasteiger partial charge < -0.3 is 14.8 Å². The quantitative estimate of drug-likeness (QED) is 0.674. The van der Waals surface area contributed by atoms with E-state index in [1.807, 2.05) is 25.1 Å². The van der Waals surface area contributed by atoms with E-state index in [4.69, 9.17) is 9.47 Å². The molecule has 1 aliphatic heterocycles. The monoisotopic (exact) mass is 329 g/mol. The lowest BCUT2D eigenvalue weighted by Crippen LogP contribution is -2.87. The Morgan fingerprint density at radius 3 is 2.83 bits per heavy atom. The molecule has 126 valence electrons. The summed E-state index contributed by atoms with van der Waals surface area (Å²) >= 11 is 0. The molecule has 2 N–H and O–H groups in total. The van der Waals surface area contributed by atoms with Crippen LogP contribution in [0.25, 0.3) is 0 Å². The first kappa shape index (κ1) is 16.3. The lowest BCUT2D eigenvalue weighted by Gasteiger charge is -2.25. The van der Waals surface area contributed by atoms with Crippen molar-refractivity contribution in [3.05, 3.63) is 63.2 Å².